The van der Waals surface area contributed by atoms with Gasteiger partial charge >= 0.3 is 0 Å². The summed E-state index contributed by atoms with van der Waals surface area (Å²) in [5.41, 5.74) is 0. The van der Waals surface area contributed by atoms with Crippen molar-refractivity contribution in [2.24, 2.45) is 17.8 Å². The second-order valence-electron chi connectivity index (χ2n) is 4.10. The minimum atomic E-state index is 0.819. The summed E-state index contributed by atoms with van der Waals surface area (Å²) in [5.74, 6) is 2.73. The average molecular weight is 178 g/mol. The molecule has 72 valence electrons. The van der Waals surface area contributed by atoms with Gasteiger partial charge in [0.15, 0.2) is 0 Å². The maximum Gasteiger partial charge on any atom is 0.0787 e. The molecule has 13 heavy (non-hydrogen) atoms. The third kappa shape index (κ3) is 1.96. The highest BCUT2D eigenvalue weighted by Crippen LogP contribution is 2.53. The van der Waals surface area contributed by atoms with E-state index in [0.717, 1.165) is 17.8 Å². The quantitative estimate of drug-likeness (QED) is 0.466. The number of hydrogen-bond donors (Lipinski definition) is 0. The Morgan fingerprint density at radius 2 is 1.77 bits per heavy atom. The Bertz CT molecular complexity index is 201. The van der Waals surface area contributed by atoms with Gasteiger partial charge in [-0.25, -0.2) is 0 Å². The van der Waals surface area contributed by atoms with Crippen molar-refractivity contribution in [1.82, 2.24) is 0 Å². The zero-order chi connectivity index (χ0) is 9.10. The molecular weight excluding hydrogens is 160 g/mol. The molecule has 1 fully saturated rings. The Kier molecular flexibility index (Phi) is 2.72. The SMILES string of the molecule is COC=CC1[C@H]2CC/C=C\CC[C@@H]12. The average Bonchev–Trinajstić information content (AvgIpc) is 2.72. The Morgan fingerprint density at radius 3 is 2.31 bits per heavy atom. The Morgan fingerprint density at radius 1 is 1.15 bits per heavy atom. The van der Waals surface area contributed by atoms with Crippen molar-refractivity contribution in [3.63, 3.8) is 0 Å². The molecule has 0 bridgehead atoms. The van der Waals surface area contributed by atoms with Gasteiger partial charge in [-0.1, -0.05) is 12.2 Å². The number of hydrogen-bond acceptors (Lipinski definition) is 1. The lowest BCUT2D eigenvalue weighted by molar-refractivity contribution is 0.335. The second kappa shape index (κ2) is 3.99. The summed E-state index contributed by atoms with van der Waals surface area (Å²) < 4.78 is 4.97. The Labute approximate surface area is 80.5 Å². The van der Waals surface area contributed by atoms with Crippen molar-refractivity contribution < 1.29 is 4.74 Å². The van der Waals surface area contributed by atoms with E-state index in [2.05, 4.69) is 18.2 Å². The van der Waals surface area contributed by atoms with Crippen LogP contribution in [-0.2, 0) is 4.74 Å². The van der Waals surface area contributed by atoms with Crippen LogP contribution in [0.5, 0.6) is 0 Å². The molecule has 2 aliphatic rings. The summed E-state index contributed by atoms with van der Waals surface area (Å²) in [6.45, 7) is 0. The molecule has 2 rings (SSSR count). The first-order valence-electron chi connectivity index (χ1n) is 5.28. The van der Waals surface area contributed by atoms with Gasteiger partial charge in [-0.05, 0) is 49.5 Å². The summed E-state index contributed by atoms with van der Waals surface area (Å²) in [5, 5.41) is 0. The van der Waals surface area contributed by atoms with Crippen LogP contribution in [-0.4, -0.2) is 7.11 Å². The number of allylic oxidation sites excluding steroid dienone is 3. The summed E-state index contributed by atoms with van der Waals surface area (Å²) in [6.07, 6.45) is 14.1. The lowest BCUT2D eigenvalue weighted by Crippen LogP contribution is -1.85. The van der Waals surface area contributed by atoms with E-state index in [4.69, 9.17) is 4.74 Å². The van der Waals surface area contributed by atoms with Crippen LogP contribution in [0.3, 0.4) is 0 Å². The molecule has 0 saturated heterocycles. The normalized spacial score (nSPS) is 40.5. The van der Waals surface area contributed by atoms with Gasteiger partial charge in [-0.15, -0.1) is 0 Å². The third-order valence-corrected chi connectivity index (χ3v) is 3.33. The van der Waals surface area contributed by atoms with E-state index >= 15 is 0 Å². The molecule has 1 nitrogen and oxygen atoms in total. The molecule has 1 unspecified atom stereocenters. The van der Waals surface area contributed by atoms with Gasteiger partial charge in [0.1, 0.15) is 0 Å². The van der Waals surface area contributed by atoms with Crippen LogP contribution < -0.4 is 0 Å². The molecule has 0 spiro atoms. The van der Waals surface area contributed by atoms with Crippen molar-refractivity contribution >= 4 is 0 Å². The van der Waals surface area contributed by atoms with Gasteiger partial charge in [0.05, 0.1) is 13.4 Å². The first-order valence-corrected chi connectivity index (χ1v) is 5.28. The Hall–Kier alpha value is -0.720. The van der Waals surface area contributed by atoms with Crippen molar-refractivity contribution in [2.45, 2.75) is 25.7 Å². The van der Waals surface area contributed by atoms with Gasteiger partial charge in [-0.3, -0.25) is 0 Å². The standard InChI is InChI=1S/C12H18O/c1-13-9-8-12-10-6-4-2-3-5-7-11(10)12/h2-3,8-12H,4-7H2,1H3/b3-2-,9-8?/t10-,11+,12?. The Balaban J connectivity index is 1.88. The van der Waals surface area contributed by atoms with Crippen LogP contribution in [0.25, 0.3) is 0 Å². The van der Waals surface area contributed by atoms with Crippen molar-refractivity contribution in [3.8, 4) is 0 Å². The van der Waals surface area contributed by atoms with E-state index < -0.39 is 0 Å². The van der Waals surface area contributed by atoms with Crippen molar-refractivity contribution in [2.75, 3.05) is 7.11 Å². The van der Waals surface area contributed by atoms with Gasteiger partial charge in [-0.2, -0.15) is 0 Å². The summed E-state index contributed by atoms with van der Waals surface area (Å²) in [4.78, 5) is 0. The first-order chi connectivity index (χ1) is 6.43. The molecule has 0 aromatic carbocycles. The predicted octanol–water partition coefficient (Wildman–Crippen LogP) is 3.14. The highest BCUT2D eigenvalue weighted by molar-refractivity contribution is 5.09. The second-order valence-corrected chi connectivity index (χ2v) is 4.10. The van der Waals surface area contributed by atoms with E-state index in [-0.39, 0.29) is 0 Å². The fourth-order valence-electron chi connectivity index (χ4n) is 2.56. The topological polar surface area (TPSA) is 9.23 Å². The lowest BCUT2D eigenvalue weighted by Gasteiger charge is -1.99. The predicted molar refractivity (Wildman–Crippen MR) is 54.2 cm³/mol. The minimum absolute atomic E-state index is 0.819. The lowest BCUT2D eigenvalue weighted by atomic mass is 10.1. The molecule has 1 heteroatoms. The molecule has 1 saturated carbocycles. The van der Waals surface area contributed by atoms with Crippen LogP contribution in [0.1, 0.15) is 25.7 Å². The van der Waals surface area contributed by atoms with Gasteiger partial charge in [0.2, 0.25) is 0 Å². The van der Waals surface area contributed by atoms with Gasteiger partial charge in [0, 0.05) is 0 Å². The largest absolute Gasteiger partial charge is 0.505 e. The molecule has 2 aliphatic carbocycles. The van der Waals surface area contributed by atoms with E-state index in [1.807, 2.05) is 6.26 Å². The third-order valence-electron chi connectivity index (χ3n) is 3.33. The molecular formula is C12H18O. The van der Waals surface area contributed by atoms with E-state index in [0.29, 0.717) is 0 Å². The minimum Gasteiger partial charge on any atom is -0.505 e. The molecule has 0 heterocycles. The number of rotatable bonds is 2. The summed E-state index contributed by atoms with van der Waals surface area (Å²) in [6, 6.07) is 0. The number of ether oxygens (including phenoxy) is 1. The van der Waals surface area contributed by atoms with Crippen LogP contribution in [0.2, 0.25) is 0 Å². The molecule has 0 aliphatic heterocycles. The summed E-state index contributed by atoms with van der Waals surface area (Å²) >= 11 is 0. The zero-order valence-corrected chi connectivity index (χ0v) is 8.28. The smallest absolute Gasteiger partial charge is 0.0787 e. The fourth-order valence-corrected chi connectivity index (χ4v) is 2.56. The van der Waals surface area contributed by atoms with Gasteiger partial charge < -0.3 is 4.74 Å². The van der Waals surface area contributed by atoms with Crippen LogP contribution in [0.4, 0.5) is 0 Å². The number of methoxy groups -OCH3 is 1. The van der Waals surface area contributed by atoms with Crippen LogP contribution in [0.15, 0.2) is 24.5 Å². The highest BCUT2D eigenvalue weighted by Gasteiger charge is 2.46. The number of fused-ring (bicyclic) bond motifs is 1. The zero-order valence-electron chi connectivity index (χ0n) is 8.28. The monoisotopic (exact) mass is 178 g/mol. The highest BCUT2D eigenvalue weighted by atomic mass is 16.5. The van der Waals surface area contributed by atoms with Gasteiger partial charge in [0.25, 0.3) is 0 Å². The van der Waals surface area contributed by atoms with E-state index in [9.17, 15) is 0 Å². The van der Waals surface area contributed by atoms with Crippen LogP contribution >= 0.6 is 0 Å². The maximum atomic E-state index is 4.97. The molecule has 0 N–H and O–H groups in total. The maximum absolute atomic E-state index is 4.97. The molecule has 3 atom stereocenters. The van der Waals surface area contributed by atoms with Crippen LogP contribution in [0, 0.1) is 17.8 Å². The fraction of sp³-hybridized carbons (Fsp3) is 0.667. The molecule has 0 amide bonds. The first kappa shape index (κ1) is 8.86. The van der Waals surface area contributed by atoms with Crippen molar-refractivity contribution in [1.29, 1.82) is 0 Å². The molecule has 0 aromatic rings. The van der Waals surface area contributed by atoms with E-state index in [1.54, 1.807) is 7.11 Å². The van der Waals surface area contributed by atoms with Crippen molar-refractivity contribution in [3.05, 3.63) is 24.5 Å². The van der Waals surface area contributed by atoms with E-state index in [1.165, 1.54) is 25.7 Å². The summed E-state index contributed by atoms with van der Waals surface area (Å²) in [7, 11) is 1.72. The molecule has 0 radical (unpaired) electrons. The molecule has 0 aromatic heterocycles.